The summed E-state index contributed by atoms with van der Waals surface area (Å²) in [7, 11) is 0. The number of benzene rings is 6. The Morgan fingerprint density at radius 2 is 1.30 bits per heavy atom. The van der Waals surface area contributed by atoms with Gasteiger partial charge in [0.1, 0.15) is 11.5 Å². The largest absolute Gasteiger partial charge is 0.508 e. The Balaban J connectivity index is 1.60. The number of hydrogen-bond donors (Lipinski definition) is 1. The van der Waals surface area contributed by atoms with Crippen molar-refractivity contribution >= 4 is 66.7 Å². The maximum atomic E-state index is 10.1. The van der Waals surface area contributed by atoms with Gasteiger partial charge in [0.05, 0.1) is 13.6 Å². The lowest BCUT2D eigenvalue weighted by molar-refractivity contribution is 0.476. The van der Waals surface area contributed by atoms with Crippen LogP contribution < -0.4 is 4.74 Å². The van der Waals surface area contributed by atoms with Gasteiger partial charge < -0.3 is 9.84 Å². The monoisotopic (exact) mass is 742 g/mol. The third-order valence-corrected chi connectivity index (χ3v) is 9.40. The summed E-state index contributed by atoms with van der Waals surface area (Å²) >= 11 is 5.04. The van der Waals surface area contributed by atoms with E-state index in [-0.39, 0.29) is 5.75 Å². The van der Waals surface area contributed by atoms with E-state index in [0.717, 1.165) is 27.3 Å². The summed E-state index contributed by atoms with van der Waals surface area (Å²) in [6.07, 6.45) is 1.46. The number of alkyl halides is 2. The molecule has 0 bridgehead atoms. The Morgan fingerprint density at radius 1 is 0.675 bits per heavy atom. The van der Waals surface area contributed by atoms with Crippen LogP contribution in [-0.4, -0.2) is 5.11 Å². The second kappa shape index (κ2) is 9.93. The minimum atomic E-state index is -0.513. The van der Waals surface area contributed by atoms with Gasteiger partial charge in [-0.2, -0.15) is 0 Å². The Hall–Kier alpha value is -3.36. The van der Waals surface area contributed by atoms with Crippen LogP contribution in [0.1, 0.15) is 29.7 Å². The second-order valence-corrected chi connectivity index (χ2v) is 15.0. The number of phenolic OH excluding ortho intramolecular Hbond substituents is 1. The molecular formula is C36H24I2O2. The molecule has 7 rings (SSSR count). The molecule has 6 aromatic carbocycles. The van der Waals surface area contributed by atoms with Crippen molar-refractivity contribution in [3.8, 4) is 22.6 Å². The van der Waals surface area contributed by atoms with Crippen LogP contribution in [0.2, 0.25) is 0 Å². The van der Waals surface area contributed by atoms with Crippen LogP contribution in [0.4, 0.5) is 0 Å². The topological polar surface area (TPSA) is 29.5 Å². The highest BCUT2D eigenvalue weighted by Crippen LogP contribution is 2.59. The first-order valence-electron chi connectivity index (χ1n) is 13.1. The molecule has 0 saturated heterocycles. The summed E-state index contributed by atoms with van der Waals surface area (Å²) in [5.41, 5.74) is 8.45. The van der Waals surface area contributed by atoms with Crippen LogP contribution >= 0.6 is 45.2 Å². The predicted molar refractivity (Wildman–Crippen MR) is 182 cm³/mol. The molecule has 6 aromatic rings. The number of halogens is 2. The number of hydrogen-bond acceptors (Lipinski definition) is 2. The fraction of sp³-hybridized carbons (Fsp3) is 0.0556. The normalized spacial score (nSPS) is 15.8. The molecule has 1 aliphatic rings. The zero-order valence-electron chi connectivity index (χ0n) is 21.4. The maximum Gasteiger partial charge on any atom is 0.127 e. The third-order valence-electron chi connectivity index (χ3n) is 8.06. The van der Waals surface area contributed by atoms with Gasteiger partial charge in [-0.25, -0.2) is 0 Å². The first-order valence-corrected chi connectivity index (χ1v) is 15.6. The number of fused-ring (bicyclic) bond motifs is 5. The highest BCUT2D eigenvalue weighted by Gasteiger charge is 2.47. The summed E-state index contributed by atoms with van der Waals surface area (Å²) in [6.45, 7) is 3.70. The van der Waals surface area contributed by atoms with Crippen molar-refractivity contribution in [3.05, 3.63) is 156 Å². The fourth-order valence-corrected chi connectivity index (χ4v) is 7.46. The van der Waals surface area contributed by atoms with Crippen LogP contribution in [0, 0.1) is 0 Å². The average Bonchev–Trinajstić information content (AvgIpc) is 3.28. The molecule has 0 spiro atoms. The van der Waals surface area contributed by atoms with E-state index in [1.54, 1.807) is 6.07 Å². The number of rotatable bonds is 5. The van der Waals surface area contributed by atoms with Gasteiger partial charge in [-0.3, -0.25) is 0 Å². The Bertz CT molecular complexity index is 1960. The molecule has 0 aliphatic heterocycles. The summed E-state index contributed by atoms with van der Waals surface area (Å²) in [5.74, 6) is 1.06. The predicted octanol–water partition coefficient (Wildman–Crippen LogP) is 10.5. The Labute approximate surface area is 260 Å². The lowest BCUT2D eigenvalue weighted by Crippen LogP contribution is -2.28. The van der Waals surface area contributed by atoms with E-state index in [2.05, 4.69) is 143 Å². The molecule has 40 heavy (non-hydrogen) atoms. The van der Waals surface area contributed by atoms with Crippen molar-refractivity contribution in [2.75, 3.05) is 0 Å². The quantitative estimate of drug-likeness (QED) is 0.108. The summed E-state index contributed by atoms with van der Waals surface area (Å²) in [6, 6.07) is 40.9. The van der Waals surface area contributed by atoms with Crippen LogP contribution in [0.25, 0.3) is 32.7 Å². The van der Waals surface area contributed by atoms with Gasteiger partial charge in [0.25, 0.3) is 0 Å². The molecule has 1 unspecified atom stereocenters. The first kappa shape index (κ1) is 25.6. The molecule has 2 nitrogen and oxygen atoms in total. The van der Waals surface area contributed by atoms with Gasteiger partial charge >= 0.3 is 0 Å². The number of aromatic hydroxyl groups is 1. The maximum absolute atomic E-state index is 10.1. The van der Waals surface area contributed by atoms with E-state index in [0.29, 0.717) is 1.93 Å². The van der Waals surface area contributed by atoms with Crippen LogP contribution in [0.3, 0.4) is 0 Å². The molecule has 0 amide bonds. The smallest absolute Gasteiger partial charge is 0.127 e. The van der Waals surface area contributed by atoms with E-state index in [4.69, 9.17) is 4.74 Å². The molecule has 1 aliphatic carbocycles. The number of phenols is 1. The molecule has 0 saturated carbocycles. The van der Waals surface area contributed by atoms with Crippen LogP contribution in [0.5, 0.6) is 11.5 Å². The van der Waals surface area contributed by atoms with Crippen LogP contribution in [-0.2, 0) is 5.41 Å². The van der Waals surface area contributed by atoms with Gasteiger partial charge in [-0.1, -0.05) is 131 Å². The van der Waals surface area contributed by atoms with E-state index < -0.39 is 5.41 Å². The zero-order valence-corrected chi connectivity index (χ0v) is 25.8. The molecule has 1 atom stereocenters. The van der Waals surface area contributed by atoms with Crippen molar-refractivity contribution in [1.82, 2.24) is 0 Å². The summed E-state index contributed by atoms with van der Waals surface area (Å²) in [4.78, 5) is 0. The van der Waals surface area contributed by atoms with E-state index in [1.807, 2.05) is 18.2 Å². The molecule has 0 aromatic heterocycles. The van der Waals surface area contributed by atoms with Gasteiger partial charge in [0.2, 0.25) is 0 Å². The fourth-order valence-electron chi connectivity index (χ4n) is 6.42. The lowest BCUT2D eigenvalue weighted by Gasteiger charge is -2.34. The first-order chi connectivity index (χ1) is 19.5. The van der Waals surface area contributed by atoms with Gasteiger partial charge in [-0.05, 0) is 96.9 Å². The van der Waals surface area contributed by atoms with Crippen LogP contribution in [0.15, 0.2) is 128 Å². The average molecular weight is 742 g/mol. The van der Waals surface area contributed by atoms with E-state index in [9.17, 15) is 5.11 Å². The molecular weight excluding hydrogens is 718 g/mol. The molecule has 194 valence electrons. The van der Waals surface area contributed by atoms with Crippen molar-refractivity contribution in [2.24, 2.45) is 0 Å². The van der Waals surface area contributed by atoms with Gasteiger partial charge in [0.15, 0.2) is 0 Å². The van der Waals surface area contributed by atoms with Crippen molar-refractivity contribution in [2.45, 2.75) is 7.35 Å². The summed E-state index contributed by atoms with van der Waals surface area (Å²) < 4.78 is 5.88. The highest BCUT2D eigenvalue weighted by atomic mass is 127. The molecule has 4 heteroatoms. The highest BCUT2D eigenvalue weighted by molar-refractivity contribution is 14.2. The Kier molecular flexibility index (Phi) is 6.35. The number of ether oxygens (including phenoxy) is 1. The summed E-state index contributed by atoms with van der Waals surface area (Å²) in [5, 5.41) is 14.5. The van der Waals surface area contributed by atoms with Gasteiger partial charge in [-0.15, -0.1) is 0 Å². The van der Waals surface area contributed by atoms with E-state index >= 15 is 0 Å². The van der Waals surface area contributed by atoms with E-state index in [1.165, 1.54) is 45.2 Å². The van der Waals surface area contributed by atoms with Gasteiger partial charge in [0, 0.05) is 0 Å². The van der Waals surface area contributed by atoms with Crippen molar-refractivity contribution < 1.29 is 9.84 Å². The second-order valence-electron chi connectivity index (χ2n) is 10.1. The SMILES string of the molecule is C=COc1ccc2cc(C3(c4ccc5cc(O)ccc5c4)c4ccccc4-c4c(C(I)I)cccc43)ccc2c1. The molecule has 0 radical (unpaired) electrons. The zero-order chi connectivity index (χ0) is 27.4. The molecule has 0 heterocycles. The molecule has 1 N–H and O–H groups in total. The minimum Gasteiger partial charge on any atom is -0.508 e. The Morgan fingerprint density at radius 3 is 2.02 bits per heavy atom. The lowest BCUT2D eigenvalue weighted by atomic mass is 9.67. The minimum absolute atomic E-state index is 0.278. The molecule has 0 fully saturated rings. The standard InChI is InChI=1S/C36H24I2O2/c1-2-40-29-17-13-23-19-27(15-11-25(23)21-29)36(26-14-10-24-20-28(39)16-12-22(24)18-26)32-8-4-3-6-30(32)34-31(35(37)38)7-5-9-33(34)36/h2-21,35,39H,1H2. The van der Waals surface area contributed by atoms with Crippen molar-refractivity contribution in [1.29, 1.82) is 0 Å². The van der Waals surface area contributed by atoms with Crippen molar-refractivity contribution in [3.63, 3.8) is 0 Å². The third kappa shape index (κ3) is 3.87.